The summed E-state index contributed by atoms with van der Waals surface area (Å²) in [4.78, 5) is 41.6. The van der Waals surface area contributed by atoms with E-state index in [1.807, 2.05) is 67.6 Å². The zero-order valence-electron chi connectivity index (χ0n) is 17.7. The summed E-state index contributed by atoms with van der Waals surface area (Å²) in [5.41, 5.74) is 1.93. The molecule has 160 valence electrons. The van der Waals surface area contributed by atoms with Crippen LogP contribution in [0.2, 0.25) is 0 Å². The van der Waals surface area contributed by atoms with Crippen molar-refractivity contribution in [2.45, 2.75) is 44.7 Å². The summed E-state index contributed by atoms with van der Waals surface area (Å²) in [6.45, 7) is 1.93. The lowest BCUT2D eigenvalue weighted by atomic mass is 9.81. The van der Waals surface area contributed by atoms with E-state index >= 15 is 0 Å². The van der Waals surface area contributed by atoms with Gasteiger partial charge < -0.3 is 5.32 Å². The molecule has 0 aromatic heterocycles. The predicted molar refractivity (Wildman–Crippen MR) is 117 cm³/mol. The van der Waals surface area contributed by atoms with Gasteiger partial charge >= 0.3 is 0 Å². The Balaban J connectivity index is 1.43. The number of rotatable bonds is 6. The second-order valence-corrected chi connectivity index (χ2v) is 9.28. The molecule has 5 nitrogen and oxygen atoms in total. The maximum Gasteiger partial charge on any atom is 0.244 e. The highest BCUT2D eigenvalue weighted by molar-refractivity contribution is 6.09. The van der Waals surface area contributed by atoms with Crippen molar-refractivity contribution in [3.63, 3.8) is 0 Å². The Morgan fingerprint density at radius 3 is 2.06 bits per heavy atom. The van der Waals surface area contributed by atoms with Gasteiger partial charge in [0.05, 0.1) is 17.9 Å². The van der Waals surface area contributed by atoms with E-state index in [0.717, 1.165) is 30.4 Å². The van der Waals surface area contributed by atoms with Gasteiger partial charge in [0, 0.05) is 6.42 Å². The Bertz CT molecular complexity index is 962. The number of imide groups is 1. The molecule has 1 N–H and O–H groups in total. The standard InChI is InChI=1S/C26H28N2O3/c1-16(18-10-6-3-7-11-18)27-24(29)21(14-17-8-4-2-5-9-17)28-25(30)22-19-12-13-20(15-19)23(22)26(28)31/h2-11,16,19-23H,12-15H2,1H3,(H,27,29)/t16-,19-,20-,21-,22-,23-/m0/s1. The lowest BCUT2D eigenvalue weighted by Gasteiger charge is -2.28. The monoisotopic (exact) mass is 416 g/mol. The number of hydrogen-bond donors (Lipinski definition) is 1. The second kappa shape index (κ2) is 7.95. The third-order valence-electron chi connectivity index (χ3n) is 7.51. The van der Waals surface area contributed by atoms with Gasteiger partial charge in [0.25, 0.3) is 0 Å². The lowest BCUT2D eigenvalue weighted by molar-refractivity contribution is -0.148. The molecule has 5 rings (SSSR count). The fourth-order valence-corrected chi connectivity index (χ4v) is 6.01. The third-order valence-corrected chi connectivity index (χ3v) is 7.51. The van der Waals surface area contributed by atoms with E-state index in [0.29, 0.717) is 18.3 Å². The Hall–Kier alpha value is -2.95. The topological polar surface area (TPSA) is 66.5 Å². The maximum absolute atomic E-state index is 13.5. The fourth-order valence-electron chi connectivity index (χ4n) is 6.01. The van der Waals surface area contributed by atoms with Crippen molar-refractivity contribution in [1.29, 1.82) is 0 Å². The molecule has 0 radical (unpaired) electrons. The predicted octanol–water partition coefficient (Wildman–Crippen LogP) is 3.51. The van der Waals surface area contributed by atoms with Crippen molar-refractivity contribution in [2.75, 3.05) is 0 Å². The molecular weight excluding hydrogens is 388 g/mol. The highest BCUT2D eigenvalue weighted by Crippen LogP contribution is 2.56. The molecule has 2 bridgehead atoms. The van der Waals surface area contributed by atoms with Crippen LogP contribution in [0.15, 0.2) is 60.7 Å². The third kappa shape index (κ3) is 3.46. The van der Waals surface area contributed by atoms with Crippen molar-refractivity contribution in [3.8, 4) is 0 Å². The van der Waals surface area contributed by atoms with Crippen LogP contribution in [0.5, 0.6) is 0 Å². The number of nitrogens with one attached hydrogen (secondary N) is 1. The summed E-state index contributed by atoms with van der Waals surface area (Å²) in [6.07, 6.45) is 3.38. The highest BCUT2D eigenvalue weighted by Gasteiger charge is 2.62. The van der Waals surface area contributed by atoms with Crippen LogP contribution in [-0.4, -0.2) is 28.7 Å². The number of amides is 3. The van der Waals surface area contributed by atoms with Crippen LogP contribution in [0.1, 0.15) is 43.4 Å². The molecule has 2 aromatic carbocycles. The molecule has 31 heavy (non-hydrogen) atoms. The van der Waals surface area contributed by atoms with Crippen LogP contribution in [0.3, 0.4) is 0 Å². The first kappa shape index (κ1) is 20.0. The van der Waals surface area contributed by atoms with Gasteiger partial charge in [-0.05, 0) is 49.1 Å². The molecule has 1 aliphatic heterocycles. The fraction of sp³-hybridized carbons (Fsp3) is 0.423. The molecule has 1 heterocycles. The van der Waals surface area contributed by atoms with Crippen LogP contribution in [0.25, 0.3) is 0 Å². The van der Waals surface area contributed by atoms with Crippen molar-refractivity contribution in [3.05, 3.63) is 71.8 Å². The Morgan fingerprint density at radius 2 is 1.48 bits per heavy atom. The van der Waals surface area contributed by atoms with E-state index in [2.05, 4.69) is 5.32 Å². The molecule has 5 heteroatoms. The minimum atomic E-state index is -0.821. The molecule has 3 fully saturated rings. The highest BCUT2D eigenvalue weighted by atomic mass is 16.2. The molecule has 3 aliphatic rings. The average molecular weight is 417 g/mol. The van der Waals surface area contributed by atoms with Crippen LogP contribution in [0, 0.1) is 23.7 Å². The molecule has 6 atom stereocenters. The molecular formula is C26H28N2O3. The number of carbonyl (C=O) groups is 3. The molecule has 3 amide bonds. The maximum atomic E-state index is 13.5. The number of likely N-dealkylation sites (tertiary alicyclic amines) is 1. The number of hydrogen-bond acceptors (Lipinski definition) is 3. The Kier molecular flexibility index (Phi) is 5.12. The normalized spacial score (nSPS) is 28.5. The molecule has 1 saturated heterocycles. The lowest BCUT2D eigenvalue weighted by Crippen LogP contribution is -2.52. The zero-order chi connectivity index (χ0) is 21.5. The van der Waals surface area contributed by atoms with Gasteiger partial charge in [-0.2, -0.15) is 0 Å². The van der Waals surface area contributed by atoms with Crippen molar-refractivity contribution >= 4 is 17.7 Å². The van der Waals surface area contributed by atoms with E-state index < -0.39 is 6.04 Å². The number of carbonyl (C=O) groups excluding carboxylic acids is 3. The Labute approximate surface area is 182 Å². The molecule has 2 aliphatic carbocycles. The summed E-state index contributed by atoms with van der Waals surface area (Å²) in [5, 5.41) is 3.05. The van der Waals surface area contributed by atoms with Crippen LogP contribution >= 0.6 is 0 Å². The summed E-state index contributed by atoms with van der Waals surface area (Å²) in [7, 11) is 0. The molecule has 0 unspecified atom stereocenters. The largest absolute Gasteiger partial charge is 0.348 e. The molecule has 0 spiro atoms. The summed E-state index contributed by atoms with van der Waals surface area (Å²) in [6, 6.07) is 18.3. The number of fused-ring (bicyclic) bond motifs is 5. The van der Waals surface area contributed by atoms with Gasteiger partial charge in [0.2, 0.25) is 17.7 Å². The van der Waals surface area contributed by atoms with Crippen molar-refractivity contribution in [1.82, 2.24) is 10.2 Å². The summed E-state index contributed by atoms with van der Waals surface area (Å²) in [5.74, 6) is -0.362. The second-order valence-electron chi connectivity index (χ2n) is 9.28. The van der Waals surface area contributed by atoms with E-state index in [-0.39, 0.29) is 35.6 Å². The van der Waals surface area contributed by atoms with Gasteiger partial charge in [-0.3, -0.25) is 19.3 Å². The number of benzene rings is 2. The SMILES string of the molecule is C[C@H](NC(=O)[C@H](Cc1ccccc1)N1C(=O)[C@H]2[C@H]3CC[C@@H](C3)[C@@H]2C1=O)c1ccccc1. The first-order valence-corrected chi connectivity index (χ1v) is 11.3. The quantitative estimate of drug-likeness (QED) is 0.733. The van der Waals surface area contributed by atoms with Gasteiger partial charge in [-0.1, -0.05) is 60.7 Å². The summed E-state index contributed by atoms with van der Waals surface area (Å²) >= 11 is 0. The molecule has 2 aromatic rings. The van der Waals surface area contributed by atoms with Gasteiger partial charge in [0.1, 0.15) is 6.04 Å². The van der Waals surface area contributed by atoms with E-state index in [1.165, 1.54) is 4.90 Å². The van der Waals surface area contributed by atoms with Crippen molar-refractivity contribution < 1.29 is 14.4 Å². The van der Waals surface area contributed by atoms with Crippen LogP contribution in [0.4, 0.5) is 0 Å². The van der Waals surface area contributed by atoms with Gasteiger partial charge in [0.15, 0.2) is 0 Å². The number of nitrogens with zero attached hydrogens (tertiary/aromatic N) is 1. The van der Waals surface area contributed by atoms with Gasteiger partial charge in [-0.15, -0.1) is 0 Å². The smallest absolute Gasteiger partial charge is 0.244 e. The summed E-state index contributed by atoms with van der Waals surface area (Å²) < 4.78 is 0. The van der Waals surface area contributed by atoms with Crippen LogP contribution < -0.4 is 5.32 Å². The zero-order valence-corrected chi connectivity index (χ0v) is 17.7. The Morgan fingerprint density at radius 1 is 0.935 bits per heavy atom. The first-order chi connectivity index (χ1) is 15.0. The minimum Gasteiger partial charge on any atom is -0.348 e. The molecule has 2 saturated carbocycles. The first-order valence-electron chi connectivity index (χ1n) is 11.3. The van der Waals surface area contributed by atoms with E-state index in [1.54, 1.807) is 0 Å². The van der Waals surface area contributed by atoms with Gasteiger partial charge in [-0.25, -0.2) is 0 Å². The minimum absolute atomic E-state index is 0.134. The average Bonchev–Trinajstić information content (AvgIpc) is 3.47. The van der Waals surface area contributed by atoms with E-state index in [9.17, 15) is 14.4 Å². The van der Waals surface area contributed by atoms with Crippen molar-refractivity contribution in [2.24, 2.45) is 23.7 Å². The van der Waals surface area contributed by atoms with E-state index in [4.69, 9.17) is 0 Å². The van der Waals surface area contributed by atoms with Crippen LogP contribution in [-0.2, 0) is 20.8 Å².